The number of hydrogen-bond donors (Lipinski definition) is 0. The second kappa shape index (κ2) is 17.9. The van der Waals surface area contributed by atoms with Gasteiger partial charge >= 0.3 is 0 Å². The SMILES string of the molecule is c1ccc2c(c1)c1c(-c3cccc4c3c3ccccc3n4-c3ccc(-c4cc(-c5ccncc5)cc(-c5ccncc5)n4)cc3)cccc1n2-c1ccc(-c2cc(-c3ccncc3)nc(-c3ccncc3)c2)cc1. The van der Waals surface area contributed by atoms with Gasteiger partial charge in [0.2, 0.25) is 0 Å². The number of para-hydroxylation sites is 2. The summed E-state index contributed by atoms with van der Waals surface area (Å²) in [5.41, 5.74) is 21.1. The lowest BCUT2D eigenvalue weighted by Crippen LogP contribution is -1.95. The van der Waals surface area contributed by atoms with E-state index in [0.29, 0.717) is 0 Å². The topological polar surface area (TPSA) is 87.2 Å². The van der Waals surface area contributed by atoms with Gasteiger partial charge in [-0.25, -0.2) is 9.97 Å². The van der Waals surface area contributed by atoms with Crippen molar-refractivity contribution in [1.82, 2.24) is 39.0 Å². The molecule has 0 atom stereocenters. The molecule has 8 heterocycles. The van der Waals surface area contributed by atoms with Gasteiger partial charge in [0.25, 0.3) is 0 Å². The highest BCUT2D eigenvalue weighted by Crippen LogP contribution is 2.44. The number of pyridine rings is 6. The van der Waals surface area contributed by atoms with Crippen molar-refractivity contribution in [2.45, 2.75) is 0 Å². The average Bonchev–Trinajstić information content (AvgIpc) is 4.02. The van der Waals surface area contributed by atoms with E-state index in [1.807, 2.05) is 98.1 Å². The van der Waals surface area contributed by atoms with Crippen LogP contribution >= 0.6 is 0 Å². The van der Waals surface area contributed by atoms with E-state index in [4.69, 9.17) is 9.97 Å². The third-order valence-corrected chi connectivity index (χ3v) is 14.2. The smallest absolute Gasteiger partial charge is 0.0716 e. The zero-order valence-corrected chi connectivity index (χ0v) is 39.8. The minimum atomic E-state index is 0.889. The third-order valence-electron chi connectivity index (χ3n) is 14.2. The van der Waals surface area contributed by atoms with Crippen molar-refractivity contribution < 1.29 is 0 Å². The maximum absolute atomic E-state index is 5.19. The normalized spacial score (nSPS) is 11.5. The van der Waals surface area contributed by atoms with Crippen molar-refractivity contribution in [1.29, 1.82) is 0 Å². The van der Waals surface area contributed by atoms with Gasteiger partial charge in [-0.15, -0.1) is 0 Å². The Labute approximate surface area is 426 Å². The Kier molecular flexibility index (Phi) is 10.3. The van der Waals surface area contributed by atoms with Crippen LogP contribution in [-0.4, -0.2) is 39.0 Å². The van der Waals surface area contributed by atoms with E-state index in [9.17, 15) is 0 Å². The first-order chi connectivity index (χ1) is 36.7. The Balaban J connectivity index is 0.873. The van der Waals surface area contributed by atoms with Gasteiger partial charge in [0.05, 0.1) is 44.8 Å². The van der Waals surface area contributed by atoms with E-state index in [1.54, 1.807) is 0 Å². The number of nitrogens with zero attached hydrogens (tertiary/aromatic N) is 8. The fraction of sp³-hybridized carbons (Fsp3) is 0. The van der Waals surface area contributed by atoms with Crippen LogP contribution in [0.1, 0.15) is 0 Å². The molecule has 6 aromatic carbocycles. The summed E-state index contributed by atoms with van der Waals surface area (Å²) < 4.78 is 4.80. The third kappa shape index (κ3) is 7.40. The van der Waals surface area contributed by atoms with Crippen LogP contribution in [0.3, 0.4) is 0 Å². The Bertz CT molecular complexity index is 3980. The van der Waals surface area contributed by atoms with Crippen LogP contribution in [0.2, 0.25) is 0 Å². The molecule has 0 fully saturated rings. The zero-order chi connectivity index (χ0) is 49.0. The lowest BCUT2D eigenvalue weighted by atomic mass is 9.95. The maximum atomic E-state index is 5.19. The number of benzene rings is 6. The van der Waals surface area contributed by atoms with Gasteiger partial charge in [-0.1, -0.05) is 84.9 Å². The van der Waals surface area contributed by atoms with Crippen molar-refractivity contribution in [2.75, 3.05) is 0 Å². The zero-order valence-electron chi connectivity index (χ0n) is 39.8. The van der Waals surface area contributed by atoms with Crippen molar-refractivity contribution in [2.24, 2.45) is 0 Å². The standard InChI is InChI=1S/C66H42N8/c1-3-11-61-55(7-1)65-53(9-5-13-63(65)73(61)51-19-15-43(16-20-51)49-39-58(46-25-33-68-34-26-46)72-59(40-49)47-27-35-69-36-28-47)54-10-6-14-64-66(54)56-8-2-4-12-62(56)74(64)52-21-17-45(18-22-52)57-41-50(44-23-31-67-32-24-44)42-60(71-57)48-29-37-70-38-30-48/h1-42H. The molecule has 0 saturated heterocycles. The van der Waals surface area contributed by atoms with Crippen molar-refractivity contribution >= 4 is 43.6 Å². The molecule has 346 valence electrons. The molecule has 0 unspecified atom stereocenters. The molecule has 0 radical (unpaired) electrons. The average molecular weight is 947 g/mol. The molecule has 74 heavy (non-hydrogen) atoms. The second-order valence-electron chi connectivity index (χ2n) is 18.4. The van der Waals surface area contributed by atoms with Crippen LogP contribution in [0.15, 0.2) is 256 Å². The molecule has 0 aliphatic rings. The highest BCUT2D eigenvalue weighted by atomic mass is 15.0. The van der Waals surface area contributed by atoms with Gasteiger partial charge in [0, 0.05) is 105 Å². The number of rotatable bonds is 9. The Morgan fingerprint density at radius 1 is 0.243 bits per heavy atom. The van der Waals surface area contributed by atoms with Crippen LogP contribution < -0.4 is 0 Å². The van der Waals surface area contributed by atoms with Crippen LogP contribution in [0, 0.1) is 0 Å². The minimum absolute atomic E-state index is 0.889. The van der Waals surface area contributed by atoms with Gasteiger partial charge in [-0.2, -0.15) is 0 Å². The molecule has 0 aliphatic carbocycles. The number of aromatic nitrogens is 8. The highest BCUT2D eigenvalue weighted by molar-refractivity contribution is 6.22. The summed E-state index contributed by atoms with van der Waals surface area (Å²) in [5.74, 6) is 0. The first-order valence-electron chi connectivity index (χ1n) is 24.6. The van der Waals surface area contributed by atoms with E-state index < -0.39 is 0 Å². The largest absolute Gasteiger partial charge is 0.309 e. The lowest BCUT2D eigenvalue weighted by Gasteiger charge is -2.13. The summed E-state index contributed by atoms with van der Waals surface area (Å²) in [6.45, 7) is 0. The van der Waals surface area contributed by atoms with Crippen LogP contribution in [0.25, 0.3) is 133 Å². The first-order valence-corrected chi connectivity index (χ1v) is 24.6. The molecule has 8 nitrogen and oxygen atoms in total. The Morgan fingerprint density at radius 3 is 0.946 bits per heavy atom. The van der Waals surface area contributed by atoms with Crippen LogP contribution in [0.5, 0.6) is 0 Å². The molecule has 8 heteroatoms. The van der Waals surface area contributed by atoms with Gasteiger partial charge in [0.15, 0.2) is 0 Å². The van der Waals surface area contributed by atoms with Crippen molar-refractivity contribution in [3.63, 3.8) is 0 Å². The molecular weight excluding hydrogens is 905 g/mol. The molecule has 0 amide bonds. The maximum Gasteiger partial charge on any atom is 0.0716 e. The van der Waals surface area contributed by atoms with Crippen molar-refractivity contribution in [3.8, 4) is 89.8 Å². The molecule has 0 N–H and O–H groups in total. The molecule has 8 aromatic heterocycles. The fourth-order valence-corrected chi connectivity index (χ4v) is 10.7. The molecular formula is C66H42N8. The van der Waals surface area contributed by atoms with Gasteiger partial charge in [-0.05, 0) is 155 Å². The monoisotopic (exact) mass is 946 g/mol. The summed E-state index contributed by atoms with van der Waals surface area (Å²) in [6.07, 6.45) is 14.5. The molecule has 14 aromatic rings. The van der Waals surface area contributed by atoms with Crippen LogP contribution in [-0.2, 0) is 0 Å². The number of fused-ring (bicyclic) bond motifs is 6. The summed E-state index contributed by atoms with van der Waals surface area (Å²) >= 11 is 0. The molecule has 0 bridgehead atoms. The molecule has 0 aliphatic heterocycles. The second-order valence-corrected chi connectivity index (χ2v) is 18.4. The van der Waals surface area contributed by atoms with E-state index in [2.05, 4.69) is 187 Å². The molecule has 0 spiro atoms. The number of hydrogen-bond acceptors (Lipinski definition) is 6. The summed E-state index contributed by atoms with van der Waals surface area (Å²) in [5, 5.41) is 4.82. The van der Waals surface area contributed by atoms with E-state index in [1.165, 1.54) is 32.7 Å². The van der Waals surface area contributed by atoms with Crippen LogP contribution in [0.4, 0.5) is 0 Å². The molecule has 0 saturated carbocycles. The summed E-state index contributed by atoms with van der Waals surface area (Å²) in [6, 6.07) is 73.5. The summed E-state index contributed by atoms with van der Waals surface area (Å²) in [4.78, 5) is 27.3. The quantitative estimate of drug-likeness (QED) is 0.143. The lowest BCUT2D eigenvalue weighted by molar-refractivity contribution is 1.18. The predicted molar refractivity (Wildman–Crippen MR) is 300 cm³/mol. The van der Waals surface area contributed by atoms with E-state index >= 15 is 0 Å². The minimum Gasteiger partial charge on any atom is -0.309 e. The molecule has 14 rings (SSSR count). The summed E-state index contributed by atoms with van der Waals surface area (Å²) in [7, 11) is 0. The fourth-order valence-electron chi connectivity index (χ4n) is 10.7. The van der Waals surface area contributed by atoms with Gasteiger partial charge < -0.3 is 9.13 Å². The predicted octanol–water partition coefficient (Wildman–Crippen LogP) is 15.9. The Hall–Kier alpha value is -10.2. The van der Waals surface area contributed by atoms with E-state index in [0.717, 1.165) is 101 Å². The van der Waals surface area contributed by atoms with Gasteiger partial charge in [0.1, 0.15) is 0 Å². The van der Waals surface area contributed by atoms with Gasteiger partial charge in [-0.3, -0.25) is 19.9 Å². The van der Waals surface area contributed by atoms with Crippen molar-refractivity contribution in [3.05, 3.63) is 256 Å². The highest BCUT2D eigenvalue weighted by Gasteiger charge is 2.21. The first kappa shape index (κ1) is 42.7. The van der Waals surface area contributed by atoms with E-state index in [-0.39, 0.29) is 0 Å². The Morgan fingerprint density at radius 2 is 0.554 bits per heavy atom.